The standard InChI is InChI=1S/C22H26N4O2/c1-26-10-8-16(9-11-26)14-28-21-13-19-18(12-20(21)27-2)22(24-15-23-19)25-17-6-4-3-5-7-17/h3-7,12-13,15-16H,8-11,14H2,1-2H3,(H,23,24,25). The summed E-state index contributed by atoms with van der Waals surface area (Å²) < 4.78 is 11.7. The second-order valence-corrected chi connectivity index (χ2v) is 7.29. The van der Waals surface area contributed by atoms with E-state index in [9.17, 15) is 0 Å². The molecule has 2 aromatic carbocycles. The molecule has 0 saturated carbocycles. The first-order valence-electron chi connectivity index (χ1n) is 9.69. The van der Waals surface area contributed by atoms with Crippen LogP contribution in [0.1, 0.15) is 12.8 Å². The molecule has 1 aliphatic rings. The number of ether oxygens (including phenoxy) is 2. The van der Waals surface area contributed by atoms with Crippen molar-refractivity contribution >= 4 is 22.4 Å². The summed E-state index contributed by atoms with van der Waals surface area (Å²) in [5.41, 5.74) is 1.80. The van der Waals surface area contributed by atoms with Gasteiger partial charge in [0.25, 0.3) is 0 Å². The number of para-hydroxylation sites is 1. The fourth-order valence-electron chi connectivity index (χ4n) is 3.53. The van der Waals surface area contributed by atoms with Gasteiger partial charge in [-0.2, -0.15) is 0 Å². The molecule has 28 heavy (non-hydrogen) atoms. The van der Waals surface area contributed by atoms with E-state index < -0.39 is 0 Å². The summed E-state index contributed by atoms with van der Waals surface area (Å²) >= 11 is 0. The SMILES string of the molecule is COc1cc2c(Nc3ccccc3)ncnc2cc1OCC1CCN(C)CC1. The molecule has 6 heteroatoms. The fraction of sp³-hybridized carbons (Fsp3) is 0.364. The van der Waals surface area contributed by atoms with Crippen LogP contribution >= 0.6 is 0 Å². The maximum atomic E-state index is 6.14. The van der Waals surface area contributed by atoms with Crippen LogP contribution in [0.25, 0.3) is 10.9 Å². The first-order chi connectivity index (χ1) is 13.7. The highest BCUT2D eigenvalue weighted by molar-refractivity contribution is 5.93. The van der Waals surface area contributed by atoms with Crippen LogP contribution in [0, 0.1) is 5.92 Å². The monoisotopic (exact) mass is 378 g/mol. The second-order valence-electron chi connectivity index (χ2n) is 7.29. The van der Waals surface area contributed by atoms with Crippen LogP contribution in [0.5, 0.6) is 11.5 Å². The zero-order chi connectivity index (χ0) is 19.3. The Hall–Kier alpha value is -2.86. The first-order valence-corrected chi connectivity index (χ1v) is 9.69. The average Bonchev–Trinajstić information content (AvgIpc) is 2.73. The molecule has 6 nitrogen and oxygen atoms in total. The van der Waals surface area contributed by atoms with Crippen molar-refractivity contribution in [3.8, 4) is 11.5 Å². The lowest BCUT2D eigenvalue weighted by Gasteiger charge is -2.28. The van der Waals surface area contributed by atoms with E-state index >= 15 is 0 Å². The van der Waals surface area contributed by atoms with Gasteiger partial charge in [-0.15, -0.1) is 0 Å². The third kappa shape index (κ3) is 4.17. The van der Waals surface area contributed by atoms with Crippen molar-refractivity contribution < 1.29 is 9.47 Å². The highest BCUT2D eigenvalue weighted by Gasteiger charge is 2.19. The summed E-state index contributed by atoms with van der Waals surface area (Å²) in [6.07, 6.45) is 3.90. The molecule has 0 bridgehead atoms. The number of benzene rings is 2. The minimum atomic E-state index is 0.581. The zero-order valence-corrected chi connectivity index (χ0v) is 16.4. The summed E-state index contributed by atoms with van der Waals surface area (Å²) in [5.74, 6) is 2.76. The Labute approximate surface area is 165 Å². The van der Waals surface area contributed by atoms with Crippen molar-refractivity contribution in [3.05, 3.63) is 48.8 Å². The topological polar surface area (TPSA) is 59.5 Å². The Morgan fingerprint density at radius 3 is 2.61 bits per heavy atom. The highest BCUT2D eigenvalue weighted by atomic mass is 16.5. The average molecular weight is 378 g/mol. The molecule has 0 unspecified atom stereocenters. The third-order valence-electron chi connectivity index (χ3n) is 5.27. The van der Waals surface area contributed by atoms with E-state index in [1.54, 1.807) is 13.4 Å². The normalized spacial score (nSPS) is 15.5. The smallest absolute Gasteiger partial charge is 0.163 e. The fourth-order valence-corrected chi connectivity index (χ4v) is 3.53. The Bertz CT molecular complexity index is 924. The molecular formula is C22H26N4O2. The van der Waals surface area contributed by atoms with Crippen LogP contribution in [-0.2, 0) is 0 Å². The van der Waals surface area contributed by atoms with Gasteiger partial charge in [0.2, 0.25) is 0 Å². The van der Waals surface area contributed by atoms with Crippen molar-refractivity contribution in [1.29, 1.82) is 0 Å². The van der Waals surface area contributed by atoms with Gasteiger partial charge in [0.05, 0.1) is 19.2 Å². The van der Waals surface area contributed by atoms with Gasteiger partial charge in [-0.25, -0.2) is 9.97 Å². The van der Waals surface area contributed by atoms with Gasteiger partial charge in [0, 0.05) is 17.1 Å². The maximum absolute atomic E-state index is 6.14. The number of anilines is 2. The summed E-state index contributed by atoms with van der Waals surface area (Å²) in [6, 6.07) is 13.9. The molecule has 4 rings (SSSR count). The molecule has 0 atom stereocenters. The molecule has 0 spiro atoms. The Morgan fingerprint density at radius 1 is 1.07 bits per heavy atom. The Balaban J connectivity index is 1.57. The number of nitrogens with one attached hydrogen (secondary N) is 1. The number of hydrogen-bond donors (Lipinski definition) is 1. The van der Waals surface area contributed by atoms with Gasteiger partial charge in [-0.05, 0) is 57.1 Å². The largest absolute Gasteiger partial charge is 0.493 e. The summed E-state index contributed by atoms with van der Waals surface area (Å²) in [7, 11) is 3.84. The van der Waals surface area contributed by atoms with Crippen molar-refractivity contribution in [2.75, 3.05) is 39.2 Å². The lowest BCUT2D eigenvalue weighted by atomic mass is 9.98. The molecule has 0 amide bonds. The van der Waals surface area contributed by atoms with Crippen LogP contribution in [0.3, 0.4) is 0 Å². The lowest BCUT2D eigenvalue weighted by Crippen LogP contribution is -2.32. The molecule has 1 N–H and O–H groups in total. The van der Waals surface area contributed by atoms with Crippen molar-refractivity contribution in [3.63, 3.8) is 0 Å². The number of fused-ring (bicyclic) bond motifs is 1. The quantitative estimate of drug-likeness (QED) is 0.697. The van der Waals surface area contributed by atoms with E-state index in [-0.39, 0.29) is 0 Å². The predicted molar refractivity (Wildman–Crippen MR) is 112 cm³/mol. The van der Waals surface area contributed by atoms with Crippen LogP contribution < -0.4 is 14.8 Å². The van der Waals surface area contributed by atoms with E-state index in [0.717, 1.165) is 41.2 Å². The Kier molecular flexibility index (Phi) is 5.58. The maximum Gasteiger partial charge on any atom is 0.163 e. The van der Waals surface area contributed by atoms with Gasteiger partial charge in [-0.3, -0.25) is 0 Å². The number of rotatable bonds is 6. The number of methoxy groups -OCH3 is 1. The number of piperidine rings is 1. The highest BCUT2D eigenvalue weighted by Crippen LogP contribution is 2.35. The zero-order valence-electron chi connectivity index (χ0n) is 16.4. The predicted octanol–water partition coefficient (Wildman–Crippen LogP) is 4.10. The van der Waals surface area contributed by atoms with E-state index in [1.807, 2.05) is 42.5 Å². The second kappa shape index (κ2) is 8.44. The van der Waals surface area contributed by atoms with E-state index in [0.29, 0.717) is 18.3 Å². The molecular weight excluding hydrogens is 352 g/mol. The molecule has 1 fully saturated rings. The third-order valence-corrected chi connectivity index (χ3v) is 5.27. The van der Waals surface area contributed by atoms with Crippen molar-refractivity contribution in [1.82, 2.24) is 14.9 Å². The molecule has 0 aliphatic carbocycles. The van der Waals surface area contributed by atoms with Gasteiger partial charge in [-0.1, -0.05) is 18.2 Å². The number of nitrogens with zero attached hydrogens (tertiary/aromatic N) is 3. The van der Waals surface area contributed by atoms with Crippen molar-refractivity contribution in [2.45, 2.75) is 12.8 Å². The van der Waals surface area contributed by atoms with Gasteiger partial charge < -0.3 is 19.7 Å². The first kappa shape index (κ1) is 18.5. The molecule has 146 valence electrons. The van der Waals surface area contributed by atoms with Gasteiger partial charge in [0.15, 0.2) is 11.5 Å². The van der Waals surface area contributed by atoms with E-state index in [2.05, 4.69) is 27.2 Å². The van der Waals surface area contributed by atoms with Crippen molar-refractivity contribution in [2.24, 2.45) is 5.92 Å². The van der Waals surface area contributed by atoms with Crippen LogP contribution in [-0.4, -0.2) is 48.7 Å². The molecule has 1 aliphatic heterocycles. The number of hydrogen-bond acceptors (Lipinski definition) is 6. The minimum absolute atomic E-state index is 0.581. The van der Waals surface area contributed by atoms with Crippen LogP contribution in [0.15, 0.2) is 48.8 Å². The summed E-state index contributed by atoms with van der Waals surface area (Å²) in [6.45, 7) is 2.96. The van der Waals surface area contributed by atoms with E-state index in [4.69, 9.17) is 9.47 Å². The molecule has 0 radical (unpaired) electrons. The molecule has 3 aromatic rings. The molecule has 1 saturated heterocycles. The molecule has 1 aromatic heterocycles. The lowest BCUT2D eigenvalue weighted by molar-refractivity contribution is 0.157. The Morgan fingerprint density at radius 2 is 1.86 bits per heavy atom. The minimum Gasteiger partial charge on any atom is -0.493 e. The summed E-state index contributed by atoms with van der Waals surface area (Å²) in [4.78, 5) is 11.2. The molecule has 2 heterocycles. The van der Waals surface area contributed by atoms with Gasteiger partial charge in [0.1, 0.15) is 12.1 Å². The number of likely N-dealkylation sites (tertiary alicyclic amines) is 1. The van der Waals surface area contributed by atoms with Crippen LogP contribution in [0.2, 0.25) is 0 Å². The van der Waals surface area contributed by atoms with E-state index in [1.165, 1.54) is 12.8 Å². The summed E-state index contributed by atoms with van der Waals surface area (Å²) in [5, 5.41) is 4.25. The van der Waals surface area contributed by atoms with Gasteiger partial charge >= 0.3 is 0 Å². The number of aromatic nitrogens is 2. The van der Waals surface area contributed by atoms with Crippen LogP contribution in [0.4, 0.5) is 11.5 Å².